The van der Waals surface area contributed by atoms with Crippen LogP contribution >= 0.6 is 0 Å². The van der Waals surface area contributed by atoms with Crippen LogP contribution in [0.5, 0.6) is 0 Å². The van der Waals surface area contributed by atoms with Gasteiger partial charge in [-0.25, -0.2) is 9.59 Å². The van der Waals surface area contributed by atoms with E-state index in [1.165, 1.54) is 0 Å². The van der Waals surface area contributed by atoms with Crippen molar-refractivity contribution >= 4 is 11.9 Å². The van der Waals surface area contributed by atoms with Gasteiger partial charge >= 0.3 is 11.9 Å². The average molecular weight is 424 g/mol. The second kappa shape index (κ2) is 9.40. The standard InChI is InChI=1S/C21H28O9/c1-10-4-3-5-12(6-7-13-11(2)19(26)28-14(13)8-10)20(27)30-21-18(25)17(24)16(23)15(9-22)29-21/h5,8,13-18,21-25H,2-4,6-7,9H2,1H3/b10-8-,12-5+. The number of esters is 2. The van der Waals surface area contributed by atoms with Gasteiger partial charge in [-0.05, 0) is 38.7 Å². The monoisotopic (exact) mass is 424 g/mol. The highest BCUT2D eigenvalue weighted by molar-refractivity contribution is 5.91. The van der Waals surface area contributed by atoms with Crippen LogP contribution in [0.25, 0.3) is 0 Å². The van der Waals surface area contributed by atoms with Crippen molar-refractivity contribution in [2.75, 3.05) is 6.61 Å². The van der Waals surface area contributed by atoms with Gasteiger partial charge < -0.3 is 34.6 Å². The van der Waals surface area contributed by atoms with Gasteiger partial charge in [0.1, 0.15) is 30.5 Å². The van der Waals surface area contributed by atoms with Gasteiger partial charge in [0.15, 0.2) is 0 Å². The van der Waals surface area contributed by atoms with Crippen molar-refractivity contribution in [3.63, 3.8) is 0 Å². The van der Waals surface area contributed by atoms with Crippen molar-refractivity contribution in [1.82, 2.24) is 0 Å². The fourth-order valence-corrected chi connectivity index (χ4v) is 3.90. The lowest BCUT2D eigenvalue weighted by Gasteiger charge is -2.39. The van der Waals surface area contributed by atoms with Gasteiger partial charge in [-0.15, -0.1) is 0 Å². The molecular formula is C21H28O9. The Balaban J connectivity index is 1.72. The molecule has 0 aromatic heterocycles. The highest BCUT2D eigenvalue weighted by atomic mass is 16.7. The molecule has 0 amide bonds. The Hall–Kier alpha value is -2.04. The number of carbonyl (C=O) groups is 2. The predicted octanol–water partition coefficient (Wildman–Crippen LogP) is -0.126. The van der Waals surface area contributed by atoms with E-state index in [9.17, 15) is 30.0 Å². The van der Waals surface area contributed by atoms with E-state index < -0.39 is 55.4 Å². The smallest absolute Gasteiger partial charge is 0.336 e. The Morgan fingerprint density at radius 2 is 1.97 bits per heavy atom. The molecule has 9 heteroatoms. The molecule has 0 spiro atoms. The van der Waals surface area contributed by atoms with Crippen molar-refractivity contribution in [2.24, 2.45) is 5.92 Å². The van der Waals surface area contributed by atoms with E-state index in [4.69, 9.17) is 14.2 Å². The molecule has 7 atom stereocenters. The van der Waals surface area contributed by atoms with Gasteiger partial charge in [-0.1, -0.05) is 18.2 Å². The molecule has 2 saturated heterocycles. The van der Waals surface area contributed by atoms with E-state index in [0.717, 1.165) is 5.57 Å². The first kappa shape index (κ1) is 22.6. The van der Waals surface area contributed by atoms with Crippen LogP contribution in [0.3, 0.4) is 0 Å². The number of allylic oxidation sites excluding steroid dienone is 2. The van der Waals surface area contributed by atoms with Crippen molar-refractivity contribution in [3.05, 3.63) is 35.5 Å². The number of carbonyl (C=O) groups excluding carboxylic acids is 2. The Morgan fingerprint density at radius 3 is 2.67 bits per heavy atom. The molecule has 0 radical (unpaired) electrons. The van der Waals surface area contributed by atoms with Crippen LogP contribution in [-0.4, -0.2) is 75.8 Å². The molecule has 0 aromatic rings. The van der Waals surface area contributed by atoms with E-state index in [0.29, 0.717) is 36.8 Å². The molecule has 9 nitrogen and oxygen atoms in total. The van der Waals surface area contributed by atoms with Gasteiger partial charge in [0, 0.05) is 17.1 Å². The van der Waals surface area contributed by atoms with E-state index in [-0.39, 0.29) is 5.92 Å². The van der Waals surface area contributed by atoms with Crippen molar-refractivity contribution in [1.29, 1.82) is 0 Å². The summed E-state index contributed by atoms with van der Waals surface area (Å²) >= 11 is 0. The van der Waals surface area contributed by atoms with Crippen LogP contribution in [0.15, 0.2) is 35.5 Å². The molecule has 0 saturated carbocycles. The minimum atomic E-state index is -1.66. The molecule has 0 bridgehead atoms. The zero-order valence-corrected chi connectivity index (χ0v) is 16.8. The predicted molar refractivity (Wildman–Crippen MR) is 103 cm³/mol. The molecule has 30 heavy (non-hydrogen) atoms. The number of aliphatic hydroxyl groups excluding tert-OH is 4. The van der Waals surface area contributed by atoms with Crippen LogP contribution in [0, 0.1) is 5.92 Å². The first-order chi connectivity index (χ1) is 14.2. The number of hydrogen-bond acceptors (Lipinski definition) is 9. The van der Waals surface area contributed by atoms with Crippen LogP contribution in [0.1, 0.15) is 32.6 Å². The fraction of sp³-hybridized carbons (Fsp3) is 0.619. The largest absolute Gasteiger partial charge is 0.454 e. The van der Waals surface area contributed by atoms with Gasteiger partial charge in [0.05, 0.1) is 6.61 Å². The van der Waals surface area contributed by atoms with Gasteiger partial charge in [0.2, 0.25) is 6.29 Å². The van der Waals surface area contributed by atoms with Gasteiger partial charge in [-0.2, -0.15) is 0 Å². The number of ether oxygens (including phenoxy) is 3. The number of hydrogen-bond donors (Lipinski definition) is 4. The van der Waals surface area contributed by atoms with Gasteiger partial charge in [0.25, 0.3) is 0 Å². The number of fused-ring (bicyclic) bond motifs is 1. The topological polar surface area (TPSA) is 143 Å². The summed E-state index contributed by atoms with van der Waals surface area (Å²) in [6, 6.07) is 0. The molecule has 1 aliphatic carbocycles. The van der Waals surface area contributed by atoms with Crippen molar-refractivity contribution in [2.45, 2.75) is 69.4 Å². The summed E-state index contributed by atoms with van der Waals surface area (Å²) in [5, 5.41) is 39.1. The third-order valence-corrected chi connectivity index (χ3v) is 5.79. The first-order valence-corrected chi connectivity index (χ1v) is 10.0. The zero-order valence-electron chi connectivity index (χ0n) is 16.8. The van der Waals surface area contributed by atoms with Crippen LogP contribution in [-0.2, 0) is 23.8 Å². The summed E-state index contributed by atoms with van der Waals surface area (Å²) in [7, 11) is 0. The second-order valence-electron chi connectivity index (χ2n) is 7.92. The van der Waals surface area contributed by atoms with E-state index >= 15 is 0 Å². The van der Waals surface area contributed by atoms with E-state index in [2.05, 4.69) is 6.58 Å². The van der Waals surface area contributed by atoms with Crippen LogP contribution in [0.2, 0.25) is 0 Å². The summed E-state index contributed by atoms with van der Waals surface area (Å²) in [6.45, 7) is 5.12. The molecule has 2 aliphatic heterocycles. The number of aliphatic hydroxyl groups is 4. The van der Waals surface area contributed by atoms with E-state index in [1.54, 1.807) is 6.08 Å². The second-order valence-corrected chi connectivity index (χ2v) is 7.92. The molecule has 2 fully saturated rings. The molecule has 166 valence electrons. The molecule has 3 rings (SSSR count). The van der Waals surface area contributed by atoms with Crippen molar-refractivity contribution < 1.29 is 44.2 Å². The first-order valence-electron chi connectivity index (χ1n) is 10.0. The summed E-state index contributed by atoms with van der Waals surface area (Å²) < 4.78 is 15.9. The summed E-state index contributed by atoms with van der Waals surface area (Å²) in [4.78, 5) is 24.7. The maximum absolute atomic E-state index is 12.8. The summed E-state index contributed by atoms with van der Waals surface area (Å²) in [6.07, 6.45) is -2.34. The lowest BCUT2D eigenvalue weighted by Crippen LogP contribution is -2.59. The fourth-order valence-electron chi connectivity index (χ4n) is 3.90. The highest BCUT2D eigenvalue weighted by Crippen LogP contribution is 2.34. The SMILES string of the molecule is C=C1C(=O)OC2/C=C(/C)CC/C=C(/C(=O)OC3OC(CO)C(O)C(O)C3O)CCC12. The van der Waals surface area contributed by atoms with Crippen molar-refractivity contribution in [3.8, 4) is 0 Å². The van der Waals surface area contributed by atoms with Crippen LogP contribution < -0.4 is 0 Å². The maximum atomic E-state index is 12.8. The minimum absolute atomic E-state index is 0.256. The van der Waals surface area contributed by atoms with Gasteiger partial charge in [-0.3, -0.25) is 0 Å². The maximum Gasteiger partial charge on any atom is 0.336 e. The average Bonchev–Trinajstić information content (AvgIpc) is 2.97. The Kier molecular flexibility index (Phi) is 7.10. The third kappa shape index (κ3) is 4.65. The lowest BCUT2D eigenvalue weighted by atomic mass is 9.88. The Morgan fingerprint density at radius 1 is 1.23 bits per heavy atom. The number of rotatable bonds is 3. The minimum Gasteiger partial charge on any atom is -0.454 e. The lowest BCUT2D eigenvalue weighted by molar-refractivity contribution is -0.291. The summed E-state index contributed by atoms with van der Waals surface area (Å²) in [5.74, 6) is -1.44. The molecule has 0 aromatic carbocycles. The Bertz CT molecular complexity index is 754. The molecule has 7 unspecified atom stereocenters. The molecular weight excluding hydrogens is 396 g/mol. The normalized spacial score (nSPS) is 41.0. The zero-order chi connectivity index (χ0) is 22.0. The molecule has 2 heterocycles. The molecule has 3 aliphatic rings. The highest BCUT2D eigenvalue weighted by Gasteiger charge is 2.45. The third-order valence-electron chi connectivity index (χ3n) is 5.79. The summed E-state index contributed by atoms with van der Waals surface area (Å²) in [5.41, 5.74) is 1.73. The Labute approximate surface area is 174 Å². The quantitative estimate of drug-likeness (QED) is 0.277. The molecule has 4 N–H and O–H groups in total. The van der Waals surface area contributed by atoms with Crippen LogP contribution in [0.4, 0.5) is 0 Å². The van der Waals surface area contributed by atoms with E-state index in [1.807, 2.05) is 13.0 Å².